The monoisotopic (exact) mass is 327 g/mol. The van der Waals surface area contributed by atoms with Gasteiger partial charge in [-0.1, -0.05) is 24.3 Å². The first-order valence-electron chi connectivity index (χ1n) is 3.22. The maximum atomic E-state index is 3.82. The van der Waals surface area contributed by atoms with E-state index in [1.165, 1.54) is 5.56 Å². The molecule has 1 rings (SSSR count). The number of hydrogen-bond donors (Lipinski definition) is 0. The molecular formula is C8H9Br2Zn. The average molecular weight is 330 g/mol. The quantitative estimate of drug-likeness (QED) is 0.634. The molecule has 1 radical (unpaired) electrons. The first-order valence-corrected chi connectivity index (χ1v) is 17.1. The van der Waals surface area contributed by atoms with Crippen molar-refractivity contribution in [2.75, 3.05) is 0 Å². The first kappa shape index (κ1) is 11.8. The van der Waals surface area contributed by atoms with E-state index in [4.69, 9.17) is 0 Å². The predicted octanol–water partition coefficient (Wildman–Crippen LogP) is 3.87. The van der Waals surface area contributed by atoms with Crippen LogP contribution in [0.2, 0.25) is 0 Å². The third kappa shape index (κ3) is 6.01. The average Bonchev–Trinajstić information content (AvgIpc) is 1.97. The maximum absolute atomic E-state index is 3.82. The van der Waals surface area contributed by atoms with Crippen molar-refractivity contribution >= 4 is 27.2 Å². The molecule has 0 fully saturated rings. The standard InChI is InChI=1S/C8H9.2BrH.Zn/c1-7-5-3-4-6-8(7)2;;;/h3-6H,1H2,2H3;2*1H;/q;;;+2/p-2. The SMILES string of the molecule is [Br][Zn][Br].[CH2]c1ccccc1C. The molecule has 11 heavy (non-hydrogen) atoms. The van der Waals surface area contributed by atoms with Crippen LogP contribution in [-0.2, 0) is 13.2 Å². The van der Waals surface area contributed by atoms with Crippen LogP contribution in [0.4, 0.5) is 0 Å². The molecule has 0 unspecified atom stereocenters. The van der Waals surface area contributed by atoms with E-state index < -0.39 is 0 Å². The van der Waals surface area contributed by atoms with E-state index in [1.807, 2.05) is 18.2 Å². The van der Waals surface area contributed by atoms with Gasteiger partial charge in [0.05, 0.1) is 0 Å². The zero-order valence-electron chi connectivity index (χ0n) is 6.48. The van der Waals surface area contributed by atoms with Crippen molar-refractivity contribution in [2.45, 2.75) is 6.92 Å². The zero-order chi connectivity index (χ0) is 8.69. The van der Waals surface area contributed by atoms with Gasteiger partial charge in [-0.25, -0.2) is 0 Å². The van der Waals surface area contributed by atoms with Crippen molar-refractivity contribution in [3.63, 3.8) is 0 Å². The summed E-state index contributed by atoms with van der Waals surface area (Å²) in [6, 6.07) is 8.08. The topological polar surface area (TPSA) is 0 Å². The molecule has 0 atom stereocenters. The van der Waals surface area contributed by atoms with Crippen LogP contribution in [0, 0.1) is 13.8 Å². The minimum Gasteiger partial charge on any atom is -0.0620 e. The van der Waals surface area contributed by atoms with Crippen molar-refractivity contribution in [3.05, 3.63) is 42.3 Å². The third-order valence-electron chi connectivity index (χ3n) is 1.26. The van der Waals surface area contributed by atoms with E-state index in [9.17, 15) is 0 Å². The largest absolute Gasteiger partial charge is 0.0620 e. The molecule has 0 saturated carbocycles. The summed E-state index contributed by atoms with van der Waals surface area (Å²) in [5.41, 5.74) is 2.38. The van der Waals surface area contributed by atoms with E-state index in [2.05, 4.69) is 47.2 Å². The Kier molecular flexibility index (Phi) is 8.00. The Balaban J connectivity index is 0.000000292. The first-order chi connectivity index (χ1) is 5.22. The van der Waals surface area contributed by atoms with Crippen molar-refractivity contribution < 1.29 is 13.2 Å². The second-order valence-corrected chi connectivity index (χ2v) is 16.1. The van der Waals surface area contributed by atoms with Crippen LogP contribution < -0.4 is 0 Å². The van der Waals surface area contributed by atoms with E-state index in [0.717, 1.165) is 5.56 Å². The molecular weight excluding hydrogens is 321 g/mol. The van der Waals surface area contributed by atoms with Crippen LogP contribution in [0.3, 0.4) is 0 Å². The molecule has 0 aliphatic heterocycles. The normalized spacial score (nSPS) is 7.64. The zero-order valence-corrected chi connectivity index (χ0v) is 12.6. The molecule has 0 N–H and O–H groups in total. The molecule has 0 spiro atoms. The second kappa shape index (κ2) is 7.45. The minimum atomic E-state index is -0.250. The molecule has 0 aliphatic carbocycles. The van der Waals surface area contributed by atoms with Crippen LogP contribution in [0.5, 0.6) is 0 Å². The van der Waals surface area contributed by atoms with Crippen LogP contribution in [0.15, 0.2) is 24.3 Å². The fourth-order valence-electron chi connectivity index (χ4n) is 0.610. The van der Waals surface area contributed by atoms with Crippen LogP contribution in [0.25, 0.3) is 0 Å². The molecule has 0 amide bonds. The van der Waals surface area contributed by atoms with E-state index >= 15 is 0 Å². The van der Waals surface area contributed by atoms with Gasteiger partial charge in [0.25, 0.3) is 0 Å². The number of halogens is 2. The van der Waals surface area contributed by atoms with Gasteiger partial charge in [0, 0.05) is 0 Å². The predicted molar refractivity (Wildman–Crippen MR) is 53.5 cm³/mol. The summed E-state index contributed by atoms with van der Waals surface area (Å²) in [6.07, 6.45) is 0. The fraction of sp³-hybridized carbons (Fsp3) is 0.125. The Labute approximate surface area is 89.1 Å². The van der Waals surface area contributed by atoms with Crippen LogP contribution >= 0.6 is 27.2 Å². The van der Waals surface area contributed by atoms with Gasteiger partial charge in [0.15, 0.2) is 0 Å². The van der Waals surface area contributed by atoms with E-state index in [0.29, 0.717) is 0 Å². The molecule has 0 bridgehead atoms. The Morgan fingerprint density at radius 3 is 2.00 bits per heavy atom. The Bertz CT molecular complexity index is 180. The summed E-state index contributed by atoms with van der Waals surface area (Å²) in [7, 11) is 0. The van der Waals surface area contributed by atoms with Gasteiger partial charge in [-0.2, -0.15) is 0 Å². The van der Waals surface area contributed by atoms with Gasteiger partial charge in [-0.05, 0) is 25.0 Å². The maximum Gasteiger partial charge on any atom is -0.0236 e. The summed E-state index contributed by atoms with van der Waals surface area (Å²) in [5.74, 6) is 0. The molecule has 0 aromatic heterocycles. The molecule has 0 saturated heterocycles. The number of hydrogen-bond acceptors (Lipinski definition) is 0. The van der Waals surface area contributed by atoms with Gasteiger partial charge in [-0.15, -0.1) is 0 Å². The van der Waals surface area contributed by atoms with Crippen LogP contribution in [-0.4, -0.2) is 0 Å². The van der Waals surface area contributed by atoms with Gasteiger partial charge < -0.3 is 0 Å². The second-order valence-electron chi connectivity index (χ2n) is 2.03. The van der Waals surface area contributed by atoms with Crippen molar-refractivity contribution in [2.24, 2.45) is 0 Å². The minimum absolute atomic E-state index is 0.250. The van der Waals surface area contributed by atoms with E-state index in [1.54, 1.807) is 0 Å². The number of benzene rings is 1. The van der Waals surface area contributed by atoms with Crippen molar-refractivity contribution in [1.29, 1.82) is 0 Å². The molecule has 1 aromatic rings. The summed E-state index contributed by atoms with van der Waals surface area (Å²) >= 11 is 6.25. The fourth-order valence-corrected chi connectivity index (χ4v) is 0.610. The molecule has 0 aliphatic rings. The summed E-state index contributed by atoms with van der Waals surface area (Å²) in [4.78, 5) is 0. The Hall–Kier alpha value is 0.803. The van der Waals surface area contributed by atoms with E-state index in [-0.39, 0.29) is 13.2 Å². The Morgan fingerprint density at radius 1 is 1.27 bits per heavy atom. The summed E-state index contributed by atoms with van der Waals surface area (Å²) in [5, 5.41) is 0. The molecule has 3 heteroatoms. The third-order valence-corrected chi connectivity index (χ3v) is 1.26. The molecule has 0 heterocycles. The van der Waals surface area contributed by atoms with Crippen LogP contribution in [0.1, 0.15) is 11.1 Å². The smallest absolute Gasteiger partial charge is 0.0236 e. The summed E-state index contributed by atoms with van der Waals surface area (Å²) in [6.45, 7) is 5.88. The van der Waals surface area contributed by atoms with Gasteiger partial charge in [0.2, 0.25) is 0 Å². The number of rotatable bonds is 0. The number of aryl methyl sites for hydroxylation is 1. The summed E-state index contributed by atoms with van der Waals surface area (Å²) < 4.78 is 0. The van der Waals surface area contributed by atoms with Gasteiger partial charge in [-0.3, -0.25) is 0 Å². The van der Waals surface area contributed by atoms with Gasteiger partial charge in [0.1, 0.15) is 0 Å². The van der Waals surface area contributed by atoms with Crippen molar-refractivity contribution in [3.8, 4) is 0 Å². The van der Waals surface area contributed by atoms with Gasteiger partial charge >= 0.3 is 40.5 Å². The van der Waals surface area contributed by atoms with Crippen molar-refractivity contribution in [1.82, 2.24) is 0 Å². The molecule has 1 aromatic carbocycles. The molecule has 57 valence electrons. The Morgan fingerprint density at radius 2 is 1.73 bits per heavy atom. The molecule has 0 nitrogen and oxygen atoms in total.